The number of nitrogens with one attached hydrogen (secondary N) is 1. The Morgan fingerprint density at radius 2 is 2.38 bits per heavy atom. The second-order valence-electron chi connectivity index (χ2n) is 4.17. The lowest BCUT2D eigenvalue weighted by atomic mass is 9.98. The number of aliphatic hydroxyl groups is 1. The first kappa shape index (κ1) is 11.0. The zero-order chi connectivity index (χ0) is 9.68. The highest BCUT2D eigenvalue weighted by atomic mass is 16.3. The molecule has 13 heavy (non-hydrogen) atoms. The second-order valence-corrected chi connectivity index (χ2v) is 4.17. The minimum atomic E-state index is -0.187. The maximum atomic E-state index is 9.26. The predicted octanol–water partition coefficient (Wildman–Crippen LogP) is 0.299. The maximum absolute atomic E-state index is 9.26. The molecule has 0 radical (unpaired) electrons. The standard InChI is InChI=1S/C10H22N2O/c1-9(13)7-12-5-3-4-10(8-12)6-11-2/h9-11,13H,3-8H2,1-2H3/t9-,10?/m0/s1. The molecule has 0 aromatic heterocycles. The van der Waals surface area contributed by atoms with Gasteiger partial charge in [0.1, 0.15) is 0 Å². The molecule has 78 valence electrons. The molecule has 1 rings (SSSR count). The average molecular weight is 186 g/mol. The highest BCUT2D eigenvalue weighted by Crippen LogP contribution is 2.15. The van der Waals surface area contributed by atoms with Crippen LogP contribution >= 0.6 is 0 Å². The third-order valence-electron chi connectivity index (χ3n) is 2.62. The minimum Gasteiger partial charge on any atom is -0.392 e. The Hall–Kier alpha value is -0.120. The Bertz CT molecular complexity index is 137. The van der Waals surface area contributed by atoms with Crippen LogP contribution in [0.1, 0.15) is 19.8 Å². The Labute approximate surface area is 81.1 Å². The van der Waals surface area contributed by atoms with Crippen LogP contribution in [0.4, 0.5) is 0 Å². The topological polar surface area (TPSA) is 35.5 Å². The van der Waals surface area contributed by atoms with Crippen molar-refractivity contribution in [3.05, 3.63) is 0 Å². The number of rotatable bonds is 4. The number of aliphatic hydroxyl groups excluding tert-OH is 1. The van der Waals surface area contributed by atoms with Gasteiger partial charge in [0.2, 0.25) is 0 Å². The van der Waals surface area contributed by atoms with Crippen LogP contribution in [0, 0.1) is 5.92 Å². The van der Waals surface area contributed by atoms with E-state index in [9.17, 15) is 5.11 Å². The molecule has 0 aromatic carbocycles. The fraction of sp³-hybridized carbons (Fsp3) is 1.00. The van der Waals surface area contributed by atoms with Crippen molar-refractivity contribution in [2.75, 3.05) is 33.2 Å². The Morgan fingerprint density at radius 3 is 3.00 bits per heavy atom. The van der Waals surface area contributed by atoms with Crippen molar-refractivity contribution in [2.24, 2.45) is 5.92 Å². The molecule has 1 heterocycles. The smallest absolute Gasteiger partial charge is 0.0639 e. The molecule has 0 amide bonds. The number of nitrogens with zero attached hydrogens (tertiary/aromatic N) is 1. The lowest BCUT2D eigenvalue weighted by Gasteiger charge is -2.33. The van der Waals surface area contributed by atoms with Gasteiger partial charge in [-0.15, -0.1) is 0 Å². The molecular weight excluding hydrogens is 164 g/mol. The van der Waals surface area contributed by atoms with Crippen LogP contribution in [0.2, 0.25) is 0 Å². The Kier molecular flexibility index (Phi) is 4.70. The molecule has 1 fully saturated rings. The van der Waals surface area contributed by atoms with Crippen molar-refractivity contribution in [3.63, 3.8) is 0 Å². The largest absolute Gasteiger partial charge is 0.392 e. The van der Waals surface area contributed by atoms with Gasteiger partial charge >= 0.3 is 0 Å². The molecule has 2 atom stereocenters. The van der Waals surface area contributed by atoms with E-state index >= 15 is 0 Å². The Balaban J connectivity index is 2.24. The van der Waals surface area contributed by atoms with E-state index in [2.05, 4.69) is 10.2 Å². The molecule has 3 nitrogen and oxygen atoms in total. The zero-order valence-corrected chi connectivity index (χ0v) is 8.79. The quantitative estimate of drug-likeness (QED) is 0.663. The first-order chi connectivity index (χ1) is 6.22. The van der Waals surface area contributed by atoms with E-state index in [1.807, 2.05) is 14.0 Å². The van der Waals surface area contributed by atoms with Gasteiger partial charge in [-0.05, 0) is 45.8 Å². The first-order valence-electron chi connectivity index (χ1n) is 5.27. The first-order valence-corrected chi connectivity index (χ1v) is 5.27. The van der Waals surface area contributed by atoms with Gasteiger partial charge in [-0.25, -0.2) is 0 Å². The van der Waals surface area contributed by atoms with Crippen LogP contribution in [0.25, 0.3) is 0 Å². The van der Waals surface area contributed by atoms with E-state index in [1.165, 1.54) is 12.8 Å². The van der Waals surface area contributed by atoms with Gasteiger partial charge in [0, 0.05) is 13.1 Å². The lowest BCUT2D eigenvalue weighted by Crippen LogP contribution is -2.41. The molecule has 1 aliphatic rings. The van der Waals surface area contributed by atoms with Gasteiger partial charge in [-0.3, -0.25) is 0 Å². The highest BCUT2D eigenvalue weighted by Gasteiger charge is 2.19. The van der Waals surface area contributed by atoms with E-state index in [4.69, 9.17) is 0 Å². The molecule has 0 spiro atoms. The molecule has 0 saturated carbocycles. The molecule has 0 aromatic rings. The second kappa shape index (κ2) is 5.58. The van der Waals surface area contributed by atoms with Gasteiger partial charge in [0.15, 0.2) is 0 Å². The summed E-state index contributed by atoms with van der Waals surface area (Å²) in [5, 5.41) is 12.5. The molecule has 3 heteroatoms. The van der Waals surface area contributed by atoms with Gasteiger partial charge < -0.3 is 15.3 Å². The SMILES string of the molecule is CNCC1CCCN(C[C@H](C)O)C1. The van der Waals surface area contributed by atoms with Crippen LogP contribution in [0.15, 0.2) is 0 Å². The average Bonchev–Trinajstić information content (AvgIpc) is 2.04. The lowest BCUT2D eigenvalue weighted by molar-refractivity contribution is 0.0949. The normalized spacial score (nSPS) is 27.5. The van der Waals surface area contributed by atoms with E-state index in [-0.39, 0.29) is 6.10 Å². The molecule has 0 aliphatic carbocycles. The van der Waals surface area contributed by atoms with E-state index < -0.39 is 0 Å². The fourth-order valence-electron chi connectivity index (χ4n) is 2.15. The summed E-state index contributed by atoms with van der Waals surface area (Å²) < 4.78 is 0. The predicted molar refractivity (Wildman–Crippen MR) is 54.8 cm³/mol. The third kappa shape index (κ3) is 4.07. The number of piperidine rings is 1. The summed E-state index contributed by atoms with van der Waals surface area (Å²) in [6.07, 6.45) is 2.42. The van der Waals surface area contributed by atoms with Crippen LogP contribution < -0.4 is 5.32 Å². The Morgan fingerprint density at radius 1 is 1.62 bits per heavy atom. The van der Waals surface area contributed by atoms with E-state index in [0.717, 1.165) is 32.1 Å². The number of hydrogen-bond acceptors (Lipinski definition) is 3. The van der Waals surface area contributed by atoms with Crippen LogP contribution in [-0.4, -0.2) is 49.3 Å². The summed E-state index contributed by atoms with van der Waals surface area (Å²) in [5.74, 6) is 0.775. The summed E-state index contributed by atoms with van der Waals surface area (Å²) in [6, 6.07) is 0. The van der Waals surface area contributed by atoms with Crippen molar-refractivity contribution < 1.29 is 5.11 Å². The van der Waals surface area contributed by atoms with Crippen LogP contribution in [-0.2, 0) is 0 Å². The van der Waals surface area contributed by atoms with E-state index in [1.54, 1.807) is 0 Å². The van der Waals surface area contributed by atoms with Gasteiger partial charge in [-0.2, -0.15) is 0 Å². The number of hydrogen-bond donors (Lipinski definition) is 2. The molecule has 1 aliphatic heterocycles. The fourth-order valence-corrected chi connectivity index (χ4v) is 2.15. The van der Waals surface area contributed by atoms with Gasteiger partial charge in [-0.1, -0.05) is 0 Å². The third-order valence-corrected chi connectivity index (χ3v) is 2.62. The molecule has 1 saturated heterocycles. The van der Waals surface area contributed by atoms with Crippen molar-refractivity contribution >= 4 is 0 Å². The number of likely N-dealkylation sites (tertiary alicyclic amines) is 1. The summed E-state index contributed by atoms with van der Waals surface area (Å²) in [7, 11) is 2.01. The molecular formula is C10H22N2O. The monoisotopic (exact) mass is 186 g/mol. The van der Waals surface area contributed by atoms with Crippen LogP contribution in [0.5, 0.6) is 0 Å². The molecule has 0 bridgehead atoms. The van der Waals surface area contributed by atoms with Crippen LogP contribution in [0.3, 0.4) is 0 Å². The minimum absolute atomic E-state index is 0.187. The summed E-state index contributed by atoms with van der Waals surface area (Å²) in [5.41, 5.74) is 0. The maximum Gasteiger partial charge on any atom is 0.0639 e. The summed E-state index contributed by atoms with van der Waals surface area (Å²) >= 11 is 0. The summed E-state index contributed by atoms with van der Waals surface area (Å²) in [6.45, 7) is 6.11. The zero-order valence-electron chi connectivity index (χ0n) is 8.79. The number of β-amino-alcohol motifs (C(OH)–C–C–N with tert-alkyl or cyclic N) is 1. The van der Waals surface area contributed by atoms with Crippen molar-refractivity contribution in [1.82, 2.24) is 10.2 Å². The molecule has 1 unspecified atom stereocenters. The van der Waals surface area contributed by atoms with Crippen molar-refractivity contribution in [3.8, 4) is 0 Å². The van der Waals surface area contributed by atoms with Crippen molar-refractivity contribution in [1.29, 1.82) is 0 Å². The van der Waals surface area contributed by atoms with Gasteiger partial charge in [0.25, 0.3) is 0 Å². The summed E-state index contributed by atoms with van der Waals surface area (Å²) in [4.78, 5) is 2.37. The molecule has 2 N–H and O–H groups in total. The van der Waals surface area contributed by atoms with E-state index in [0.29, 0.717) is 0 Å². The van der Waals surface area contributed by atoms with Crippen molar-refractivity contribution in [2.45, 2.75) is 25.9 Å². The highest BCUT2D eigenvalue weighted by molar-refractivity contribution is 4.74. The van der Waals surface area contributed by atoms with Gasteiger partial charge in [0.05, 0.1) is 6.10 Å².